The van der Waals surface area contributed by atoms with E-state index in [9.17, 15) is 4.79 Å². The Bertz CT molecular complexity index is 374. The fraction of sp³-hybridized carbons (Fsp3) is 0.941. The van der Waals surface area contributed by atoms with Crippen molar-refractivity contribution in [1.82, 2.24) is 20.0 Å². The lowest BCUT2D eigenvalue weighted by molar-refractivity contribution is 0.123. The van der Waals surface area contributed by atoms with Crippen molar-refractivity contribution in [3.8, 4) is 0 Å². The molecule has 0 aromatic heterocycles. The Kier molecular flexibility index (Phi) is 7.50. The summed E-state index contributed by atoms with van der Waals surface area (Å²) in [6, 6.07) is 0.443. The molecule has 0 spiro atoms. The van der Waals surface area contributed by atoms with E-state index < -0.39 is 0 Å². The van der Waals surface area contributed by atoms with Crippen LogP contribution in [0.5, 0.6) is 0 Å². The van der Waals surface area contributed by atoms with E-state index in [1.165, 1.54) is 13.1 Å². The van der Waals surface area contributed by atoms with E-state index in [2.05, 4.69) is 42.8 Å². The normalized spacial score (nSPS) is 28.6. The van der Waals surface area contributed by atoms with Gasteiger partial charge < -0.3 is 20.0 Å². The molecule has 2 heterocycles. The fourth-order valence-corrected chi connectivity index (χ4v) is 4.48. The van der Waals surface area contributed by atoms with Crippen LogP contribution in [0.4, 0.5) is 4.79 Å². The Hall–Kier alpha value is -0.460. The largest absolute Gasteiger partial charge is 0.338 e. The standard InChI is InChI=1S/C17H34N4OS/c1-5-19-6-8-20(9-7-19)13-14(2)12-18-17(22)21-10-11-23-16(4)15(21)3/h14-16H,5-13H2,1-4H3,(H,18,22)/t14-,15+,16-/m1/s1. The predicted octanol–water partition coefficient (Wildman–Crippen LogP) is 1.80. The van der Waals surface area contributed by atoms with Gasteiger partial charge in [-0.05, 0) is 19.4 Å². The zero-order valence-corrected chi connectivity index (χ0v) is 16.1. The third-order valence-electron chi connectivity index (χ3n) is 5.23. The molecule has 134 valence electrons. The molecule has 1 N–H and O–H groups in total. The lowest BCUT2D eigenvalue weighted by atomic mass is 10.1. The smallest absolute Gasteiger partial charge is 0.317 e. The van der Waals surface area contributed by atoms with Gasteiger partial charge in [-0.15, -0.1) is 0 Å². The van der Waals surface area contributed by atoms with E-state index in [4.69, 9.17) is 0 Å². The Morgan fingerprint density at radius 2 is 1.83 bits per heavy atom. The number of carbonyl (C=O) groups is 1. The minimum Gasteiger partial charge on any atom is -0.338 e. The van der Waals surface area contributed by atoms with Crippen molar-refractivity contribution in [2.45, 2.75) is 39.0 Å². The number of amides is 2. The average molecular weight is 343 g/mol. The molecule has 3 atom stereocenters. The average Bonchev–Trinajstić information content (AvgIpc) is 2.56. The minimum absolute atomic E-state index is 0.118. The minimum atomic E-state index is 0.118. The molecule has 0 aromatic carbocycles. The van der Waals surface area contributed by atoms with E-state index in [0.717, 1.165) is 45.0 Å². The van der Waals surface area contributed by atoms with E-state index >= 15 is 0 Å². The van der Waals surface area contributed by atoms with Gasteiger partial charge in [0, 0.05) is 62.9 Å². The number of likely N-dealkylation sites (N-methyl/N-ethyl adjacent to an activating group) is 1. The Balaban J connectivity index is 1.67. The molecule has 5 nitrogen and oxygen atoms in total. The molecular formula is C17H34N4OS. The summed E-state index contributed by atoms with van der Waals surface area (Å²) in [6.45, 7) is 17.4. The van der Waals surface area contributed by atoms with Crippen molar-refractivity contribution in [3.05, 3.63) is 0 Å². The molecule has 2 saturated heterocycles. The summed E-state index contributed by atoms with van der Waals surface area (Å²) < 4.78 is 0. The van der Waals surface area contributed by atoms with Crippen molar-refractivity contribution in [3.63, 3.8) is 0 Å². The van der Waals surface area contributed by atoms with Gasteiger partial charge in [-0.3, -0.25) is 0 Å². The maximum absolute atomic E-state index is 12.4. The first-order valence-electron chi connectivity index (χ1n) is 9.12. The summed E-state index contributed by atoms with van der Waals surface area (Å²) >= 11 is 1.96. The second-order valence-electron chi connectivity index (χ2n) is 7.04. The molecule has 2 aliphatic rings. The molecule has 0 aliphatic carbocycles. The van der Waals surface area contributed by atoms with Crippen molar-refractivity contribution in [1.29, 1.82) is 0 Å². The van der Waals surface area contributed by atoms with Crippen LogP contribution in [0, 0.1) is 5.92 Å². The highest BCUT2D eigenvalue weighted by atomic mass is 32.2. The van der Waals surface area contributed by atoms with Crippen molar-refractivity contribution >= 4 is 17.8 Å². The van der Waals surface area contributed by atoms with Crippen LogP contribution >= 0.6 is 11.8 Å². The number of carbonyl (C=O) groups excluding carboxylic acids is 1. The van der Waals surface area contributed by atoms with Crippen LogP contribution in [-0.4, -0.2) is 90.1 Å². The number of nitrogens with one attached hydrogen (secondary N) is 1. The lowest BCUT2D eigenvalue weighted by Crippen LogP contribution is -2.53. The molecule has 0 unspecified atom stereocenters. The van der Waals surface area contributed by atoms with Crippen molar-refractivity contribution < 1.29 is 4.79 Å². The Morgan fingerprint density at radius 3 is 2.48 bits per heavy atom. The van der Waals surface area contributed by atoms with Gasteiger partial charge in [-0.1, -0.05) is 20.8 Å². The third-order valence-corrected chi connectivity index (χ3v) is 6.57. The molecule has 0 aromatic rings. The second-order valence-corrected chi connectivity index (χ2v) is 8.52. The highest BCUT2D eigenvalue weighted by Gasteiger charge is 2.29. The summed E-state index contributed by atoms with van der Waals surface area (Å²) in [7, 11) is 0. The third kappa shape index (κ3) is 5.54. The number of rotatable bonds is 5. The van der Waals surface area contributed by atoms with Crippen LogP contribution in [-0.2, 0) is 0 Å². The van der Waals surface area contributed by atoms with Crippen LogP contribution in [0.3, 0.4) is 0 Å². The summed E-state index contributed by atoms with van der Waals surface area (Å²) in [4.78, 5) is 19.5. The van der Waals surface area contributed by atoms with Gasteiger partial charge in [0.25, 0.3) is 0 Å². The quantitative estimate of drug-likeness (QED) is 0.827. The van der Waals surface area contributed by atoms with E-state index in [-0.39, 0.29) is 6.03 Å². The van der Waals surface area contributed by atoms with Gasteiger partial charge >= 0.3 is 6.03 Å². The predicted molar refractivity (Wildman–Crippen MR) is 99.2 cm³/mol. The molecule has 0 radical (unpaired) electrons. The summed E-state index contributed by atoms with van der Waals surface area (Å²) in [5.41, 5.74) is 0. The van der Waals surface area contributed by atoms with E-state index in [1.807, 2.05) is 16.7 Å². The van der Waals surface area contributed by atoms with Crippen molar-refractivity contribution in [2.75, 3.05) is 58.1 Å². The molecule has 2 aliphatic heterocycles. The first-order chi connectivity index (χ1) is 11.0. The number of thioether (sulfide) groups is 1. The molecule has 23 heavy (non-hydrogen) atoms. The highest BCUT2D eigenvalue weighted by molar-refractivity contribution is 8.00. The number of hydrogen-bond donors (Lipinski definition) is 1. The number of piperazine rings is 1. The van der Waals surface area contributed by atoms with E-state index in [1.54, 1.807) is 0 Å². The maximum atomic E-state index is 12.4. The summed E-state index contributed by atoms with van der Waals surface area (Å²) in [5, 5.41) is 3.68. The van der Waals surface area contributed by atoms with Crippen LogP contribution in [0.15, 0.2) is 0 Å². The molecule has 2 amide bonds. The van der Waals surface area contributed by atoms with Gasteiger partial charge in [0.1, 0.15) is 0 Å². The maximum Gasteiger partial charge on any atom is 0.317 e. The highest BCUT2D eigenvalue weighted by Crippen LogP contribution is 2.24. The molecular weight excluding hydrogens is 308 g/mol. The molecule has 2 fully saturated rings. The van der Waals surface area contributed by atoms with Crippen LogP contribution in [0.25, 0.3) is 0 Å². The second kappa shape index (κ2) is 9.14. The first kappa shape index (κ1) is 18.9. The Morgan fingerprint density at radius 1 is 1.17 bits per heavy atom. The van der Waals surface area contributed by atoms with Gasteiger partial charge in [-0.25, -0.2) is 4.79 Å². The molecule has 6 heteroatoms. The first-order valence-corrected chi connectivity index (χ1v) is 10.2. The monoisotopic (exact) mass is 342 g/mol. The van der Waals surface area contributed by atoms with Gasteiger partial charge in [0.2, 0.25) is 0 Å². The summed E-state index contributed by atoms with van der Waals surface area (Å²) in [6.07, 6.45) is 0. The molecule has 2 rings (SSSR count). The molecule has 0 saturated carbocycles. The van der Waals surface area contributed by atoms with Crippen LogP contribution in [0.2, 0.25) is 0 Å². The van der Waals surface area contributed by atoms with Crippen LogP contribution < -0.4 is 5.32 Å². The van der Waals surface area contributed by atoms with Gasteiger partial charge in [-0.2, -0.15) is 11.8 Å². The van der Waals surface area contributed by atoms with Gasteiger partial charge in [0.05, 0.1) is 0 Å². The Labute approximate surface area is 146 Å². The van der Waals surface area contributed by atoms with Crippen LogP contribution in [0.1, 0.15) is 27.7 Å². The zero-order chi connectivity index (χ0) is 16.8. The topological polar surface area (TPSA) is 38.8 Å². The SMILES string of the molecule is CCN1CCN(C[C@H](C)CNC(=O)N2CCS[C@H](C)[C@@H]2C)CC1. The molecule has 0 bridgehead atoms. The van der Waals surface area contributed by atoms with Crippen molar-refractivity contribution in [2.24, 2.45) is 5.92 Å². The van der Waals surface area contributed by atoms with E-state index in [0.29, 0.717) is 17.2 Å². The summed E-state index contributed by atoms with van der Waals surface area (Å²) in [5.74, 6) is 1.55. The fourth-order valence-electron chi connectivity index (χ4n) is 3.38. The number of hydrogen-bond acceptors (Lipinski definition) is 4. The van der Waals surface area contributed by atoms with Gasteiger partial charge in [0.15, 0.2) is 0 Å². The lowest BCUT2D eigenvalue weighted by Gasteiger charge is -2.38. The number of nitrogens with zero attached hydrogens (tertiary/aromatic N) is 3. The zero-order valence-electron chi connectivity index (χ0n) is 15.3. The number of urea groups is 1.